The van der Waals surface area contributed by atoms with Crippen molar-refractivity contribution in [3.8, 4) is 0 Å². The van der Waals surface area contributed by atoms with Crippen LogP contribution in [0.3, 0.4) is 0 Å². The Bertz CT molecular complexity index is 782. The lowest BCUT2D eigenvalue weighted by molar-refractivity contribution is 0.0170. The van der Waals surface area contributed by atoms with Crippen molar-refractivity contribution in [3.63, 3.8) is 0 Å². The Labute approximate surface area is 186 Å². The molecule has 1 unspecified atom stereocenters. The van der Waals surface area contributed by atoms with E-state index in [4.69, 9.17) is 14.3 Å². The molecule has 0 spiro atoms. The molecule has 31 heavy (non-hydrogen) atoms. The van der Waals surface area contributed by atoms with E-state index >= 15 is 0 Å². The van der Waals surface area contributed by atoms with Crippen molar-refractivity contribution >= 4 is 5.96 Å². The molecular formula is C24H37N5O2. The SMILES string of the molecule is CCNC(=NCc1cc(C(CC)CC)no1)NCC(c1ccccc1)N1CCOCC1. The van der Waals surface area contributed by atoms with Crippen LogP contribution in [0.15, 0.2) is 45.9 Å². The summed E-state index contributed by atoms with van der Waals surface area (Å²) in [6.45, 7) is 11.9. The van der Waals surface area contributed by atoms with Gasteiger partial charge in [0, 0.05) is 38.2 Å². The molecule has 0 aliphatic carbocycles. The molecule has 1 aromatic heterocycles. The summed E-state index contributed by atoms with van der Waals surface area (Å²) < 4.78 is 11.1. The Hall–Kier alpha value is -2.38. The summed E-state index contributed by atoms with van der Waals surface area (Å²) in [4.78, 5) is 7.22. The molecule has 170 valence electrons. The number of nitrogens with one attached hydrogen (secondary N) is 2. The molecule has 0 saturated carbocycles. The predicted molar refractivity (Wildman–Crippen MR) is 124 cm³/mol. The van der Waals surface area contributed by atoms with Gasteiger partial charge in [-0.3, -0.25) is 4.90 Å². The van der Waals surface area contributed by atoms with Crippen molar-refractivity contribution in [2.24, 2.45) is 4.99 Å². The summed E-state index contributed by atoms with van der Waals surface area (Å²) in [6, 6.07) is 13.0. The minimum atomic E-state index is 0.265. The van der Waals surface area contributed by atoms with Gasteiger partial charge in [0.15, 0.2) is 11.7 Å². The van der Waals surface area contributed by atoms with Crippen LogP contribution in [-0.2, 0) is 11.3 Å². The highest BCUT2D eigenvalue weighted by Crippen LogP contribution is 2.23. The van der Waals surface area contributed by atoms with Gasteiger partial charge in [-0.15, -0.1) is 0 Å². The van der Waals surface area contributed by atoms with E-state index < -0.39 is 0 Å². The Morgan fingerprint density at radius 1 is 1.10 bits per heavy atom. The fourth-order valence-electron chi connectivity index (χ4n) is 4.02. The van der Waals surface area contributed by atoms with Crippen molar-refractivity contribution < 1.29 is 9.26 Å². The van der Waals surface area contributed by atoms with Crippen molar-refractivity contribution in [1.29, 1.82) is 0 Å². The van der Waals surface area contributed by atoms with Gasteiger partial charge >= 0.3 is 0 Å². The van der Waals surface area contributed by atoms with Crippen molar-refractivity contribution in [3.05, 3.63) is 53.4 Å². The van der Waals surface area contributed by atoms with E-state index in [2.05, 4.69) is 71.8 Å². The maximum atomic E-state index is 5.56. The van der Waals surface area contributed by atoms with Crippen LogP contribution in [0.2, 0.25) is 0 Å². The molecular weight excluding hydrogens is 390 g/mol. The van der Waals surface area contributed by atoms with Gasteiger partial charge in [0.1, 0.15) is 6.54 Å². The van der Waals surface area contributed by atoms with Gasteiger partial charge < -0.3 is 19.9 Å². The molecule has 1 aliphatic heterocycles. The molecule has 7 nitrogen and oxygen atoms in total. The van der Waals surface area contributed by atoms with Crippen LogP contribution in [0.4, 0.5) is 0 Å². The van der Waals surface area contributed by atoms with Crippen LogP contribution in [0.25, 0.3) is 0 Å². The van der Waals surface area contributed by atoms with Crippen LogP contribution < -0.4 is 10.6 Å². The standard InChI is InChI=1S/C24H37N5O2/c1-4-19(5-2)22-16-21(31-28-22)17-26-24(25-6-3)27-18-23(20-10-8-7-9-11-20)29-12-14-30-15-13-29/h7-11,16,19,23H,4-6,12-15,17-18H2,1-3H3,(H2,25,26,27). The third-order valence-electron chi connectivity index (χ3n) is 5.85. The molecule has 1 aromatic carbocycles. The second kappa shape index (κ2) is 12.5. The minimum absolute atomic E-state index is 0.265. The maximum absolute atomic E-state index is 5.56. The average Bonchev–Trinajstić information content (AvgIpc) is 3.28. The molecule has 1 fully saturated rings. The first kappa shape index (κ1) is 23.3. The zero-order valence-electron chi connectivity index (χ0n) is 19.1. The van der Waals surface area contributed by atoms with Crippen molar-refractivity contribution in [2.75, 3.05) is 39.4 Å². The molecule has 7 heteroatoms. The molecule has 0 radical (unpaired) electrons. The zero-order valence-corrected chi connectivity index (χ0v) is 19.1. The molecule has 2 heterocycles. The summed E-state index contributed by atoms with van der Waals surface area (Å²) in [5, 5.41) is 11.1. The highest BCUT2D eigenvalue weighted by atomic mass is 16.5. The van der Waals surface area contributed by atoms with Gasteiger partial charge in [0.25, 0.3) is 0 Å². The number of hydrogen-bond donors (Lipinski definition) is 2. The lowest BCUT2D eigenvalue weighted by atomic mass is 9.99. The average molecular weight is 428 g/mol. The summed E-state index contributed by atoms with van der Waals surface area (Å²) in [6.07, 6.45) is 2.14. The van der Waals surface area contributed by atoms with Crippen LogP contribution in [-0.4, -0.2) is 55.4 Å². The first-order chi connectivity index (χ1) is 15.2. The first-order valence-corrected chi connectivity index (χ1v) is 11.6. The minimum Gasteiger partial charge on any atom is -0.379 e. The number of nitrogens with zero attached hydrogens (tertiary/aromatic N) is 3. The number of aromatic nitrogens is 1. The number of benzene rings is 1. The molecule has 3 rings (SSSR count). The highest BCUT2D eigenvalue weighted by molar-refractivity contribution is 5.79. The highest BCUT2D eigenvalue weighted by Gasteiger charge is 2.22. The van der Waals surface area contributed by atoms with Crippen molar-refractivity contribution in [1.82, 2.24) is 20.7 Å². The normalized spacial score (nSPS) is 16.5. The molecule has 0 amide bonds. The fraction of sp³-hybridized carbons (Fsp3) is 0.583. The Morgan fingerprint density at radius 3 is 2.52 bits per heavy atom. The molecule has 0 bridgehead atoms. The number of aliphatic imine (C=N–C) groups is 1. The van der Waals surface area contributed by atoms with E-state index in [1.165, 1.54) is 5.56 Å². The third kappa shape index (κ3) is 6.80. The first-order valence-electron chi connectivity index (χ1n) is 11.6. The molecule has 2 N–H and O–H groups in total. The van der Waals surface area contributed by atoms with E-state index in [1.807, 2.05) is 6.07 Å². The van der Waals surface area contributed by atoms with Gasteiger partial charge in [-0.25, -0.2) is 4.99 Å². The van der Waals surface area contributed by atoms with E-state index in [-0.39, 0.29) is 6.04 Å². The van der Waals surface area contributed by atoms with Gasteiger partial charge in [-0.2, -0.15) is 0 Å². The van der Waals surface area contributed by atoms with Crippen LogP contribution in [0.5, 0.6) is 0 Å². The van der Waals surface area contributed by atoms with Crippen molar-refractivity contribution in [2.45, 2.75) is 52.1 Å². The number of hydrogen-bond acceptors (Lipinski definition) is 5. The molecule has 2 aromatic rings. The Kier molecular flexibility index (Phi) is 9.37. The largest absolute Gasteiger partial charge is 0.379 e. The second-order valence-electron chi connectivity index (χ2n) is 7.88. The van der Waals surface area contributed by atoms with E-state index in [1.54, 1.807) is 0 Å². The summed E-state index contributed by atoms with van der Waals surface area (Å²) in [7, 11) is 0. The van der Waals surface area contributed by atoms with Crippen LogP contribution in [0, 0.1) is 0 Å². The van der Waals surface area contributed by atoms with E-state index in [0.717, 1.165) is 69.6 Å². The number of guanidine groups is 1. The predicted octanol–water partition coefficient (Wildman–Crippen LogP) is 3.71. The van der Waals surface area contributed by atoms with Gasteiger partial charge in [0.05, 0.1) is 24.9 Å². The third-order valence-corrected chi connectivity index (χ3v) is 5.85. The van der Waals surface area contributed by atoms with Gasteiger partial charge in [-0.05, 0) is 25.3 Å². The maximum Gasteiger partial charge on any atom is 0.191 e. The number of morpholine rings is 1. The number of rotatable bonds is 10. The summed E-state index contributed by atoms with van der Waals surface area (Å²) in [5.74, 6) is 2.04. The molecule has 1 saturated heterocycles. The Morgan fingerprint density at radius 2 is 1.84 bits per heavy atom. The number of ether oxygens (including phenoxy) is 1. The summed E-state index contributed by atoms with van der Waals surface area (Å²) >= 11 is 0. The zero-order chi connectivity index (χ0) is 21.9. The lowest BCUT2D eigenvalue weighted by Gasteiger charge is -2.35. The Balaban J connectivity index is 1.66. The monoisotopic (exact) mass is 427 g/mol. The topological polar surface area (TPSA) is 74.9 Å². The fourth-order valence-corrected chi connectivity index (χ4v) is 4.02. The van der Waals surface area contributed by atoms with E-state index in [9.17, 15) is 0 Å². The van der Waals surface area contributed by atoms with Crippen LogP contribution >= 0.6 is 0 Å². The lowest BCUT2D eigenvalue weighted by Crippen LogP contribution is -2.46. The van der Waals surface area contributed by atoms with Crippen LogP contribution in [0.1, 0.15) is 62.6 Å². The van der Waals surface area contributed by atoms with Gasteiger partial charge in [-0.1, -0.05) is 49.3 Å². The summed E-state index contributed by atoms with van der Waals surface area (Å²) in [5.41, 5.74) is 2.34. The molecule has 1 atom stereocenters. The second-order valence-corrected chi connectivity index (χ2v) is 7.88. The smallest absolute Gasteiger partial charge is 0.191 e. The molecule has 1 aliphatic rings. The van der Waals surface area contributed by atoms with E-state index in [0.29, 0.717) is 12.5 Å². The van der Waals surface area contributed by atoms with Gasteiger partial charge in [0.2, 0.25) is 0 Å². The quantitative estimate of drug-likeness (QED) is 0.445.